The Kier molecular flexibility index (Phi) is 6.10. The largest absolute Gasteiger partial charge is 0.497 e. The standard InChI is InChI=1S/C19H31NO/c1-3-4-6-16-9-11-19(15-20,12-10-16)14-17-7-5-8-18(13-17)21-2/h5,7-8,13,16H,3-4,6,9-12,14-15,20H2,1-2H3. The van der Waals surface area contributed by atoms with Crippen LogP contribution in [0.25, 0.3) is 0 Å². The van der Waals surface area contributed by atoms with Gasteiger partial charge in [-0.25, -0.2) is 0 Å². The van der Waals surface area contributed by atoms with Crippen LogP contribution in [0, 0.1) is 11.3 Å². The summed E-state index contributed by atoms with van der Waals surface area (Å²) in [5.74, 6) is 1.89. The van der Waals surface area contributed by atoms with Gasteiger partial charge in [-0.15, -0.1) is 0 Å². The highest BCUT2D eigenvalue weighted by Gasteiger charge is 2.34. The highest BCUT2D eigenvalue weighted by molar-refractivity contribution is 5.29. The molecular formula is C19H31NO. The summed E-state index contributed by atoms with van der Waals surface area (Å²) >= 11 is 0. The van der Waals surface area contributed by atoms with Crippen LogP contribution in [0.3, 0.4) is 0 Å². The first kappa shape index (κ1) is 16.4. The number of nitrogens with two attached hydrogens (primary N) is 1. The lowest BCUT2D eigenvalue weighted by Crippen LogP contribution is -2.36. The molecule has 0 aromatic heterocycles. The van der Waals surface area contributed by atoms with E-state index in [-0.39, 0.29) is 0 Å². The molecule has 2 nitrogen and oxygen atoms in total. The van der Waals surface area contributed by atoms with Crippen molar-refractivity contribution in [3.63, 3.8) is 0 Å². The molecule has 2 rings (SSSR count). The zero-order valence-electron chi connectivity index (χ0n) is 13.7. The van der Waals surface area contributed by atoms with E-state index < -0.39 is 0 Å². The third-order valence-electron chi connectivity index (χ3n) is 5.28. The minimum atomic E-state index is 0.315. The van der Waals surface area contributed by atoms with E-state index in [2.05, 4.69) is 25.1 Å². The van der Waals surface area contributed by atoms with E-state index in [1.807, 2.05) is 6.07 Å². The van der Waals surface area contributed by atoms with E-state index in [0.29, 0.717) is 5.41 Å². The Morgan fingerprint density at radius 1 is 1.29 bits per heavy atom. The predicted octanol–water partition coefficient (Wildman–Crippen LogP) is 4.56. The van der Waals surface area contributed by atoms with Crippen LogP contribution in [0.15, 0.2) is 24.3 Å². The third kappa shape index (κ3) is 4.47. The lowest BCUT2D eigenvalue weighted by molar-refractivity contribution is 0.150. The summed E-state index contributed by atoms with van der Waals surface area (Å²) in [7, 11) is 1.73. The minimum absolute atomic E-state index is 0.315. The second-order valence-electron chi connectivity index (χ2n) is 6.82. The van der Waals surface area contributed by atoms with Gasteiger partial charge in [-0.3, -0.25) is 0 Å². The van der Waals surface area contributed by atoms with Crippen LogP contribution in [0.4, 0.5) is 0 Å². The average Bonchev–Trinajstić information content (AvgIpc) is 2.54. The van der Waals surface area contributed by atoms with Gasteiger partial charge >= 0.3 is 0 Å². The maximum absolute atomic E-state index is 6.17. The maximum Gasteiger partial charge on any atom is 0.119 e. The quantitative estimate of drug-likeness (QED) is 0.798. The number of ether oxygens (including phenoxy) is 1. The van der Waals surface area contributed by atoms with Crippen molar-refractivity contribution in [1.29, 1.82) is 0 Å². The highest BCUT2D eigenvalue weighted by Crippen LogP contribution is 2.42. The van der Waals surface area contributed by atoms with Crippen molar-refractivity contribution in [2.75, 3.05) is 13.7 Å². The third-order valence-corrected chi connectivity index (χ3v) is 5.28. The first-order valence-corrected chi connectivity index (χ1v) is 8.54. The van der Waals surface area contributed by atoms with Crippen LogP contribution in [-0.4, -0.2) is 13.7 Å². The van der Waals surface area contributed by atoms with Crippen LogP contribution in [0.2, 0.25) is 0 Å². The summed E-state index contributed by atoms with van der Waals surface area (Å²) in [4.78, 5) is 0. The van der Waals surface area contributed by atoms with E-state index in [4.69, 9.17) is 10.5 Å². The van der Waals surface area contributed by atoms with Gasteiger partial charge in [0, 0.05) is 0 Å². The summed E-state index contributed by atoms with van der Waals surface area (Å²) in [6.07, 6.45) is 10.5. The Hall–Kier alpha value is -1.02. The van der Waals surface area contributed by atoms with Gasteiger partial charge in [-0.2, -0.15) is 0 Å². The Bertz CT molecular complexity index is 421. The summed E-state index contributed by atoms with van der Waals surface area (Å²) < 4.78 is 5.34. The zero-order chi connectivity index (χ0) is 15.1. The van der Waals surface area contributed by atoms with Crippen molar-refractivity contribution >= 4 is 0 Å². The van der Waals surface area contributed by atoms with Gasteiger partial charge in [0.15, 0.2) is 0 Å². The van der Waals surface area contributed by atoms with Crippen molar-refractivity contribution in [2.24, 2.45) is 17.1 Å². The number of benzene rings is 1. The van der Waals surface area contributed by atoms with E-state index in [9.17, 15) is 0 Å². The second-order valence-corrected chi connectivity index (χ2v) is 6.82. The van der Waals surface area contributed by atoms with Gasteiger partial charge in [0.1, 0.15) is 5.75 Å². The molecule has 1 aliphatic rings. The molecular weight excluding hydrogens is 258 g/mol. The van der Waals surface area contributed by atoms with Gasteiger partial charge in [0.2, 0.25) is 0 Å². The molecule has 0 atom stereocenters. The Morgan fingerprint density at radius 3 is 2.67 bits per heavy atom. The lowest BCUT2D eigenvalue weighted by atomic mass is 9.66. The molecule has 1 aromatic carbocycles. The van der Waals surface area contributed by atoms with Crippen LogP contribution < -0.4 is 10.5 Å². The van der Waals surface area contributed by atoms with Gasteiger partial charge in [-0.05, 0) is 67.7 Å². The van der Waals surface area contributed by atoms with E-state index in [1.165, 1.54) is 50.5 Å². The zero-order valence-corrected chi connectivity index (χ0v) is 13.7. The highest BCUT2D eigenvalue weighted by atomic mass is 16.5. The van der Waals surface area contributed by atoms with Crippen molar-refractivity contribution in [1.82, 2.24) is 0 Å². The lowest BCUT2D eigenvalue weighted by Gasteiger charge is -2.40. The van der Waals surface area contributed by atoms with Crippen molar-refractivity contribution < 1.29 is 4.74 Å². The average molecular weight is 289 g/mol. The molecule has 2 heteroatoms. The van der Waals surface area contributed by atoms with Gasteiger partial charge < -0.3 is 10.5 Å². The minimum Gasteiger partial charge on any atom is -0.497 e. The molecule has 2 N–H and O–H groups in total. The molecule has 0 unspecified atom stereocenters. The summed E-state index contributed by atoms with van der Waals surface area (Å²) in [5.41, 5.74) is 7.85. The molecule has 1 fully saturated rings. The van der Waals surface area contributed by atoms with Gasteiger partial charge in [-0.1, -0.05) is 38.3 Å². The van der Waals surface area contributed by atoms with Gasteiger partial charge in [0.05, 0.1) is 7.11 Å². The summed E-state index contributed by atoms with van der Waals surface area (Å²) in [6.45, 7) is 3.10. The normalized spacial score (nSPS) is 25.8. The molecule has 0 heterocycles. The molecule has 21 heavy (non-hydrogen) atoms. The SMILES string of the molecule is CCCCC1CCC(CN)(Cc2cccc(OC)c2)CC1. The summed E-state index contributed by atoms with van der Waals surface area (Å²) in [5, 5.41) is 0. The van der Waals surface area contributed by atoms with E-state index in [0.717, 1.165) is 24.6 Å². The number of rotatable bonds is 7. The fourth-order valence-corrected chi connectivity index (χ4v) is 3.74. The van der Waals surface area contributed by atoms with Crippen molar-refractivity contribution in [3.05, 3.63) is 29.8 Å². The van der Waals surface area contributed by atoms with E-state index in [1.54, 1.807) is 7.11 Å². The molecule has 0 aliphatic heterocycles. The van der Waals surface area contributed by atoms with Gasteiger partial charge in [0.25, 0.3) is 0 Å². The Balaban J connectivity index is 1.96. The van der Waals surface area contributed by atoms with Crippen LogP contribution in [0.1, 0.15) is 57.4 Å². The van der Waals surface area contributed by atoms with Crippen LogP contribution in [0.5, 0.6) is 5.75 Å². The molecule has 0 bridgehead atoms. The molecule has 0 saturated heterocycles. The summed E-state index contributed by atoms with van der Waals surface area (Å²) in [6, 6.07) is 8.48. The van der Waals surface area contributed by atoms with Crippen molar-refractivity contribution in [3.8, 4) is 5.75 Å². The molecule has 1 aromatic rings. The Morgan fingerprint density at radius 2 is 2.05 bits per heavy atom. The predicted molar refractivity (Wildman–Crippen MR) is 89.7 cm³/mol. The van der Waals surface area contributed by atoms with Crippen molar-refractivity contribution in [2.45, 2.75) is 58.3 Å². The Labute approximate surface area is 130 Å². The molecule has 0 spiro atoms. The monoisotopic (exact) mass is 289 g/mol. The van der Waals surface area contributed by atoms with Crippen LogP contribution >= 0.6 is 0 Å². The molecule has 118 valence electrons. The molecule has 1 aliphatic carbocycles. The number of hydrogen-bond acceptors (Lipinski definition) is 2. The van der Waals surface area contributed by atoms with Crippen LogP contribution in [-0.2, 0) is 6.42 Å². The first-order valence-electron chi connectivity index (χ1n) is 8.54. The second kappa shape index (κ2) is 7.84. The smallest absolute Gasteiger partial charge is 0.119 e. The number of unbranched alkanes of at least 4 members (excludes halogenated alkanes) is 1. The number of hydrogen-bond donors (Lipinski definition) is 1. The number of methoxy groups -OCH3 is 1. The van der Waals surface area contributed by atoms with E-state index >= 15 is 0 Å². The molecule has 0 radical (unpaired) electrons. The topological polar surface area (TPSA) is 35.2 Å². The fourth-order valence-electron chi connectivity index (χ4n) is 3.74. The molecule has 1 saturated carbocycles. The molecule has 0 amide bonds. The first-order chi connectivity index (χ1) is 10.2. The fraction of sp³-hybridized carbons (Fsp3) is 0.684. The maximum atomic E-state index is 6.17.